The Labute approximate surface area is 117 Å². The van der Waals surface area contributed by atoms with Crippen molar-refractivity contribution in [1.29, 1.82) is 0 Å². The van der Waals surface area contributed by atoms with Gasteiger partial charge in [0.25, 0.3) is 0 Å². The van der Waals surface area contributed by atoms with Gasteiger partial charge in [-0.1, -0.05) is 18.2 Å². The Balaban J connectivity index is 1.56. The fraction of sp³-hybridized carbons (Fsp3) is 0.333. The molecule has 1 aliphatic rings. The van der Waals surface area contributed by atoms with Gasteiger partial charge in [0, 0.05) is 25.8 Å². The number of nitrogens with zero attached hydrogens (tertiary/aromatic N) is 3. The van der Waals surface area contributed by atoms with Crippen molar-refractivity contribution in [2.75, 3.05) is 13.1 Å². The van der Waals surface area contributed by atoms with Crippen LogP contribution in [-0.2, 0) is 11.3 Å². The lowest BCUT2D eigenvalue weighted by Gasteiger charge is -2.38. The summed E-state index contributed by atoms with van der Waals surface area (Å²) in [6, 6.07) is 12.0. The highest BCUT2D eigenvalue weighted by atomic mass is 16.4. The lowest BCUT2D eigenvalue weighted by molar-refractivity contribution is -0.139. The van der Waals surface area contributed by atoms with E-state index in [1.54, 1.807) is 0 Å². The molecular weight excluding hydrogens is 254 g/mol. The minimum atomic E-state index is -0.706. The van der Waals surface area contributed by atoms with Gasteiger partial charge in [-0.25, -0.2) is 4.68 Å². The number of carboxylic acid groups (broad SMARTS) is 1. The second-order valence-electron chi connectivity index (χ2n) is 5.25. The summed E-state index contributed by atoms with van der Waals surface area (Å²) in [4.78, 5) is 12.8. The van der Waals surface area contributed by atoms with Gasteiger partial charge in [-0.05, 0) is 24.1 Å². The first kappa shape index (κ1) is 12.9. The van der Waals surface area contributed by atoms with Crippen LogP contribution in [0.5, 0.6) is 0 Å². The number of hydrogen-bond donors (Lipinski definition) is 1. The molecule has 1 fully saturated rings. The molecule has 0 atom stereocenters. The zero-order valence-corrected chi connectivity index (χ0v) is 11.1. The molecule has 5 heteroatoms. The zero-order chi connectivity index (χ0) is 13.9. The largest absolute Gasteiger partial charge is 0.481 e. The number of likely N-dealkylation sites (tertiary alicyclic amines) is 1. The van der Waals surface area contributed by atoms with Gasteiger partial charge in [0.05, 0.1) is 17.8 Å². The second kappa shape index (κ2) is 5.46. The summed E-state index contributed by atoms with van der Waals surface area (Å²) in [5, 5.41) is 13.3. The van der Waals surface area contributed by atoms with Crippen molar-refractivity contribution in [3.63, 3.8) is 0 Å². The van der Waals surface area contributed by atoms with E-state index < -0.39 is 5.97 Å². The Bertz CT molecular complexity index is 588. The minimum Gasteiger partial charge on any atom is -0.481 e. The van der Waals surface area contributed by atoms with E-state index in [1.165, 1.54) is 0 Å². The van der Waals surface area contributed by atoms with Gasteiger partial charge >= 0.3 is 5.97 Å². The van der Waals surface area contributed by atoms with Gasteiger partial charge in [-0.2, -0.15) is 5.10 Å². The van der Waals surface area contributed by atoms with Crippen LogP contribution in [0.3, 0.4) is 0 Å². The van der Waals surface area contributed by atoms with Crippen LogP contribution in [0.4, 0.5) is 0 Å². The predicted molar refractivity (Wildman–Crippen MR) is 74.6 cm³/mol. The molecular formula is C15H17N3O2. The molecule has 2 heterocycles. The van der Waals surface area contributed by atoms with Crippen LogP contribution in [0.1, 0.15) is 12.1 Å². The van der Waals surface area contributed by atoms with Gasteiger partial charge in [0.2, 0.25) is 0 Å². The number of carboxylic acids is 1. The summed E-state index contributed by atoms with van der Waals surface area (Å²) < 4.78 is 1.86. The Morgan fingerprint density at radius 1 is 1.25 bits per heavy atom. The number of carbonyl (C=O) groups is 1. The molecule has 0 bridgehead atoms. The smallest absolute Gasteiger partial charge is 0.303 e. The second-order valence-corrected chi connectivity index (χ2v) is 5.25. The molecule has 2 aromatic rings. The third kappa shape index (κ3) is 2.88. The van der Waals surface area contributed by atoms with Crippen molar-refractivity contribution in [2.45, 2.75) is 13.0 Å². The molecule has 0 saturated carbocycles. The quantitative estimate of drug-likeness (QED) is 0.900. The number of aliphatic carboxylic acids is 1. The van der Waals surface area contributed by atoms with Gasteiger partial charge in [0.15, 0.2) is 0 Å². The summed E-state index contributed by atoms with van der Waals surface area (Å²) in [6.45, 7) is 2.49. The number of benzene rings is 1. The van der Waals surface area contributed by atoms with E-state index in [2.05, 4.69) is 10.00 Å². The Hall–Kier alpha value is -2.14. The number of aromatic nitrogens is 2. The van der Waals surface area contributed by atoms with E-state index in [4.69, 9.17) is 5.11 Å². The first-order valence-corrected chi connectivity index (χ1v) is 6.75. The zero-order valence-electron chi connectivity index (χ0n) is 11.1. The predicted octanol–water partition coefficient (Wildman–Crippen LogP) is 1.78. The molecule has 0 amide bonds. The fourth-order valence-corrected chi connectivity index (χ4v) is 2.58. The van der Waals surface area contributed by atoms with Crippen molar-refractivity contribution in [1.82, 2.24) is 14.7 Å². The first-order chi connectivity index (χ1) is 9.70. The topological polar surface area (TPSA) is 58.4 Å². The van der Waals surface area contributed by atoms with E-state index in [0.29, 0.717) is 5.92 Å². The van der Waals surface area contributed by atoms with E-state index in [9.17, 15) is 4.79 Å². The van der Waals surface area contributed by atoms with E-state index in [-0.39, 0.29) is 6.42 Å². The van der Waals surface area contributed by atoms with Crippen LogP contribution in [0, 0.1) is 5.92 Å². The molecule has 3 rings (SSSR count). The summed E-state index contributed by atoms with van der Waals surface area (Å²) in [5.41, 5.74) is 2.06. The Kier molecular flexibility index (Phi) is 3.52. The molecule has 0 aliphatic carbocycles. The monoisotopic (exact) mass is 271 g/mol. The Morgan fingerprint density at radius 3 is 2.70 bits per heavy atom. The summed E-state index contributed by atoms with van der Waals surface area (Å²) in [6.07, 6.45) is 2.23. The van der Waals surface area contributed by atoms with Crippen molar-refractivity contribution in [3.8, 4) is 5.69 Å². The van der Waals surface area contributed by atoms with E-state index in [1.807, 2.05) is 47.3 Å². The average Bonchev–Trinajstić information content (AvgIpc) is 2.85. The van der Waals surface area contributed by atoms with Crippen LogP contribution in [0.25, 0.3) is 5.69 Å². The highest BCUT2D eigenvalue weighted by Crippen LogP contribution is 2.21. The van der Waals surface area contributed by atoms with Crippen LogP contribution >= 0.6 is 0 Å². The summed E-state index contributed by atoms with van der Waals surface area (Å²) in [5.74, 6) is -0.410. The molecule has 0 spiro atoms. The fourth-order valence-electron chi connectivity index (χ4n) is 2.58. The van der Waals surface area contributed by atoms with Gasteiger partial charge < -0.3 is 5.11 Å². The van der Waals surface area contributed by atoms with Crippen molar-refractivity contribution < 1.29 is 9.90 Å². The molecule has 104 valence electrons. The minimum absolute atomic E-state index is 0.273. The Morgan fingerprint density at radius 2 is 2.00 bits per heavy atom. The molecule has 20 heavy (non-hydrogen) atoms. The van der Waals surface area contributed by atoms with Crippen molar-refractivity contribution in [2.24, 2.45) is 5.92 Å². The van der Waals surface area contributed by atoms with Gasteiger partial charge in [0.1, 0.15) is 0 Å². The van der Waals surface area contributed by atoms with Crippen LogP contribution < -0.4 is 0 Å². The molecule has 0 unspecified atom stereocenters. The lowest BCUT2D eigenvalue weighted by Crippen LogP contribution is -2.46. The number of hydrogen-bond acceptors (Lipinski definition) is 3. The van der Waals surface area contributed by atoms with Crippen LogP contribution in [0.15, 0.2) is 42.6 Å². The SMILES string of the molecule is O=C(O)CC1CN(Cc2ccn(-c3ccccc3)n2)C1. The molecule has 1 N–H and O–H groups in total. The number of rotatable bonds is 5. The highest BCUT2D eigenvalue weighted by Gasteiger charge is 2.28. The summed E-state index contributed by atoms with van der Waals surface area (Å²) >= 11 is 0. The lowest BCUT2D eigenvalue weighted by atomic mass is 9.96. The maximum atomic E-state index is 10.6. The van der Waals surface area contributed by atoms with Crippen molar-refractivity contribution in [3.05, 3.63) is 48.3 Å². The van der Waals surface area contributed by atoms with Crippen LogP contribution in [-0.4, -0.2) is 38.8 Å². The maximum absolute atomic E-state index is 10.6. The standard InChI is InChI=1S/C15H17N3O2/c19-15(20)8-12-9-17(10-12)11-13-6-7-18(16-13)14-4-2-1-3-5-14/h1-7,12H,8-11H2,(H,19,20). The molecule has 1 aromatic carbocycles. The maximum Gasteiger partial charge on any atom is 0.303 e. The highest BCUT2D eigenvalue weighted by molar-refractivity contribution is 5.67. The average molecular weight is 271 g/mol. The normalized spacial score (nSPS) is 16.0. The third-order valence-electron chi connectivity index (χ3n) is 3.55. The van der Waals surface area contributed by atoms with Gasteiger partial charge in [-0.15, -0.1) is 0 Å². The van der Waals surface area contributed by atoms with Crippen LogP contribution in [0.2, 0.25) is 0 Å². The van der Waals surface area contributed by atoms with Crippen molar-refractivity contribution >= 4 is 5.97 Å². The van der Waals surface area contributed by atoms with Gasteiger partial charge in [-0.3, -0.25) is 9.69 Å². The molecule has 1 aliphatic heterocycles. The number of para-hydroxylation sites is 1. The molecule has 5 nitrogen and oxygen atoms in total. The van der Waals surface area contributed by atoms with E-state index >= 15 is 0 Å². The molecule has 1 saturated heterocycles. The first-order valence-electron chi connectivity index (χ1n) is 6.75. The molecule has 1 aromatic heterocycles. The molecule has 0 radical (unpaired) electrons. The summed E-state index contributed by atoms with van der Waals surface area (Å²) in [7, 11) is 0. The van der Waals surface area contributed by atoms with E-state index in [0.717, 1.165) is 31.0 Å². The third-order valence-corrected chi connectivity index (χ3v) is 3.55.